The van der Waals surface area contributed by atoms with Gasteiger partial charge in [-0.2, -0.15) is 0 Å². The van der Waals surface area contributed by atoms with Gasteiger partial charge in [-0.3, -0.25) is 0 Å². The molecule has 1 unspecified atom stereocenters. The van der Waals surface area contributed by atoms with E-state index in [-0.39, 0.29) is 0 Å². The minimum atomic E-state index is 0.348. The van der Waals surface area contributed by atoms with E-state index in [9.17, 15) is 0 Å². The molecule has 2 nitrogen and oxygen atoms in total. The maximum absolute atomic E-state index is 5.68. The SMILES string of the molecule is C=CCCC(NCC)c1ccccc1OCC. The quantitative estimate of drug-likeness (QED) is 0.691. The lowest BCUT2D eigenvalue weighted by Crippen LogP contribution is -2.21. The molecular weight excluding hydrogens is 210 g/mol. The van der Waals surface area contributed by atoms with Crippen LogP contribution in [0.1, 0.15) is 38.3 Å². The minimum absolute atomic E-state index is 0.348. The predicted octanol–water partition coefficient (Wildman–Crippen LogP) is 3.70. The fourth-order valence-electron chi connectivity index (χ4n) is 1.95. The fourth-order valence-corrected chi connectivity index (χ4v) is 1.95. The summed E-state index contributed by atoms with van der Waals surface area (Å²) in [6.07, 6.45) is 4.03. The Morgan fingerprint density at radius 1 is 1.35 bits per heavy atom. The van der Waals surface area contributed by atoms with Gasteiger partial charge >= 0.3 is 0 Å². The fraction of sp³-hybridized carbons (Fsp3) is 0.467. The molecule has 17 heavy (non-hydrogen) atoms. The van der Waals surface area contributed by atoms with Crippen LogP contribution < -0.4 is 10.1 Å². The molecule has 2 heteroatoms. The summed E-state index contributed by atoms with van der Waals surface area (Å²) in [4.78, 5) is 0. The molecular formula is C15H23NO. The Morgan fingerprint density at radius 3 is 2.76 bits per heavy atom. The Morgan fingerprint density at radius 2 is 2.12 bits per heavy atom. The Bertz CT molecular complexity index is 335. The van der Waals surface area contributed by atoms with Gasteiger partial charge < -0.3 is 10.1 Å². The van der Waals surface area contributed by atoms with E-state index in [1.54, 1.807) is 0 Å². The van der Waals surface area contributed by atoms with Crippen molar-refractivity contribution >= 4 is 0 Å². The van der Waals surface area contributed by atoms with E-state index in [2.05, 4.69) is 31.0 Å². The van der Waals surface area contributed by atoms with E-state index in [1.807, 2.05) is 25.1 Å². The molecule has 0 amide bonds. The minimum Gasteiger partial charge on any atom is -0.494 e. The van der Waals surface area contributed by atoms with Crippen LogP contribution in [0.5, 0.6) is 5.75 Å². The van der Waals surface area contributed by atoms with Gasteiger partial charge in [0, 0.05) is 11.6 Å². The third-order valence-electron chi connectivity index (χ3n) is 2.70. The number of para-hydroxylation sites is 1. The van der Waals surface area contributed by atoms with E-state index in [0.29, 0.717) is 12.6 Å². The molecule has 0 saturated heterocycles. The smallest absolute Gasteiger partial charge is 0.124 e. The first kappa shape index (κ1) is 13.8. The molecule has 1 atom stereocenters. The molecule has 94 valence electrons. The molecule has 0 bridgehead atoms. The lowest BCUT2D eigenvalue weighted by Gasteiger charge is -2.20. The van der Waals surface area contributed by atoms with Crippen LogP contribution >= 0.6 is 0 Å². The van der Waals surface area contributed by atoms with E-state index in [4.69, 9.17) is 4.74 Å². The van der Waals surface area contributed by atoms with Crippen LogP contribution in [0, 0.1) is 0 Å². The third-order valence-corrected chi connectivity index (χ3v) is 2.70. The highest BCUT2D eigenvalue weighted by Gasteiger charge is 2.13. The Balaban J connectivity index is 2.86. The normalized spacial score (nSPS) is 12.1. The number of benzene rings is 1. The van der Waals surface area contributed by atoms with Gasteiger partial charge in [0.25, 0.3) is 0 Å². The van der Waals surface area contributed by atoms with Crippen molar-refractivity contribution in [1.29, 1.82) is 0 Å². The van der Waals surface area contributed by atoms with Crippen molar-refractivity contribution in [3.05, 3.63) is 42.5 Å². The largest absolute Gasteiger partial charge is 0.494 e. The summed E-state index contributed by atoms with van der Waals surface area (Å²) < 4.78 is 5.68. The second-order valence-electron chi connectivity index (χ2n) is 3.95. The summed E-state index contributed by atoms with van der Waals surface area (Å²) in [6.45, 7) is 9.60. The summed E-state index contributed by atoms with van der Waals surface area (Å²) in [6, 6.07) is 8.61. The van der Waals surface area contributed by atoms with Crippen molar-refractivity contribution in [1.82, 2.24) is 5.32 Å². The Kier molecular flexibility index (Phi) is 6.41. The van der Waals surface area contributed by atoms with Crippen LogP contribution in [0.15, 0.2) is 36.9 Å². The van der Waals surface area contributed by atoms with Crippen LogP contribution in [0.2, 0.25) is 0 Å². The first-order valence-corrected chi connectivity index (χ1v) is 6.39. The predicted molar refractivity (Wildman–Crippen MR) is 73.5 cm³/mol. The summed E-state index contributed by atoms with van der Waals surface area (Å²) in [5, 5.41) is 3.50. The number of nitrogens with one attached hydrogen (secondary N) is 1. The van der Waals surface area contributed by atoms with Crippen LogP contribution in [0.25, 0.3) is 0 Å². The summed E-state index contributed by atoms with van der Waals surface area (Å²) in [7, 11) is 0. The molecule has 0 radical (unpaired) electrons. The zero-order valence-electron chi connectivity index (χ0n) is 10.9. The lowest BCUT2D eigenvalue weighted by atomic mass is 10.0. The highest BCUT2D eigenvalue weighted by atomic mass is 16.5. The number of rotatable bonds is 8. The van der Waals surface area contributed by atoms with Crippen LogP contribution in [0.3, 0.4) is 0 Å². The van der Waals surface area contributed by atoms with Crippen molar-refractivity contribution < 1.29 is 4.74 Å². The van der Waals surface area contributed by atoms with Crippen LogP contribution in [-0.2, 0) is 0 Å². The molecule has 0 aliphatic heterocycles. The van der Waals surface area contributed by atoms with Gasteiger partial charge in [0.1, 0.15) is 5.75 Å². The van der Waals surface area contributed by atoms with Crippen LogP contribution in [0.4, 0.5) is 0 Å². The second kappa shape index (κ2) is 7.91. The molecule has 0 spiro atoms. The van der Waals surface area contributed by atoms with Crippen molar-refractivity contribution in [2.24, 2.45) is 0 Å². The average Bonchev–Trinajstić information content (AvgIpc) is 2.36. The maximum Gasteiger partial charge on any atom is 0.124 e. The molecule has 0 saturated carbocycles. The summed E-state index contributed by atoms with van der Waals surface area (Å²) in [5.74, 6) is 0.991. The number of hydrogen-bond acceptors (Lipinski definition) is 2. The molecule has 1 rings (SSSR count). The topological polar surface area (TPSA) is 21.3 Å². The molecule has 1 aromatic carbocycles. The summed E-state index contributed by atoms with van der Waals surface area (Å²) in [5.41, 5.74) is 1.25. The van der Waals surface area contributed by atoms with E-state index in [1.165, 1.54) is 5.56 Å². The van der Waals surface area contributed by atoms with Crippen molar-refractivity contribution in [3.8, 4) is 5.75 Å². The van der Waals surface area contributed by atoms with Gasteiger partial charge in [0.2, 0.25) is 0 Å². The highest BCUT2D eigenvalue weighted by molar-refractivity contribution is 5.36. The Hall–Kier alpha value is -1.28. The summed E-state index contributed by atoms with van der Waals surface area (Å²) >= 11 is 0. The van der Waals surface area contributed by atoms with Crippen molar-refractivity contribution in [2.75, 3.05) is 13.2 Å². The van der Waals surface area contributed by atoms with Gasteiger partial charge in [-0.1, -0.05) is 31.2 Å². The van der Waals surface area contributed by atoms with Gasteiger partial charge in [-0.15, -0.1) is 6.58 Å². The van der Waals surface area contributed by atoms with Gasteiger partial charge in [0.15, 0.2) is 0 Å². The molecule has 0 aliphatic rings. The number of allylic oxidation sites excluding steroid dienone is 1. The molecule has 0 aliphatic carbocycles. The molecule has 0 fully saturated rings. The zero-order valence-corrected chi connectivity index (χ0v) is 10.9. The number of ether oxygens (including phenoxy) is 1. The van der Waals surface area contributed by atoms with E-state index >= 15 is 0 Å². The van der Waals surface area contributed by atoms with Crippen molar-refractivity contribution in [2.45, 2.75) is 32.7 Å². The monoisotopic (exact) mass is 233 g/mol. The Labute approximate surface area is 105 Å². The standard InChI is InChI=1S/C15H23NO/c1-4-7-11-14(16-5-2)13-10-8-9-12-15(13)17-6-3/h4,8-10,12,14,16H,1,5-7,11H2,2-3H3. The average molecular weight is 233 g/mol. The molecule has 0 heterocycles. The molecule has 1 N–H and O–H groups in total. The zero-order chi connectivity index (χ0) is 12.5. The highest BCUT2D eigenvalue weighted by Crippen LogP contribution is 2.28. The van der Waals surface area contributed by atoms with Crippen LogP contribution in [-0.4, -0.2) is 13.2 Å². The maximum atomic E-state index is 5.68. The van der Waals surface area contributed by atoms with Gasteiger partial charge in [0.05, 0.1) is 6.61 Å². The van der Waals surface area contributed by atoms with E-state index < -0.39 is 0 Å². The second-order valence-corrected chi connectivity index (χ2v) is 3.95. The first-order valence-electron chi connectivity index (χ1n) is 6.39. The first-order chi connectivity index (χ1) is 8.33. The van der Waals surface area contributed by atoms with Gasteiger partial charge in [-0.25, -0.2) is 0 Å². The van der Waals surface area contributed by atoms with Crippen molar-refractivity contribution in [3.63, 3.8) is 0 Å². The lowest BCUT2D eigenvalue weighted by molar-refractivity contribution is 0.330. The third kappa shape index (κ3) is 4.23. The van der Waals surface area contributed by atoms with Gasteiger partial charge in [-0.05, 0) is 32.4 Å². The molecule has 1 aromatic rings. The number of hydrogen-bond donors (Lipinski definition) is 1. The molecule has 0 aromatic heterocycles. The van der Waals surface area contributed by atoms with E-state index in [0.717, 1.165) is 25.1 Å².